The van der Waals surface area contributed by atoms with Gasteiger partial charge in [0.1, 0.15) is 5.82 Å². The molecule has 1 heterocycles. The number of rotatable bonds is 3. The zero-order valence-corrected chi connectivity index (χ0v) is 13.0. The Hall–Kier alpha value is -1.71. The van der Waals surface area contributed by atoms with E-state index in [1.54, 1.807) is 17.4 Å². The van der Waals surface area contributed by atoms with E-state index in [0.29, 0.717) is 0 Å². The number of thiophene rings is 1. The number of halogens is 1. The summed E-state index contributed by atoms with van der Waals surface area (Å²) in [6.07, 6.45) is 0.802. The van der Waals surface area contributed by atoms with Crippen LogP contribution >= 0.6 is 11.3 Å². The topological polar surface area (TPSA) is 26.0 Å². The molecule has 0 fully saturated rings. The fraction of sp³-hybridized carbons (Fsp3) is 0.222. The molecule has 0 radical (unpaired) electrons. The molecule has 1 nitrogen and oxygen atoms in total. The second-order valence-corrected chi connectivity index (χ2v) is 6.68. The third-order valence-corrected chi connectivity index (χ3v) is 5.14. The minimum atomic E-state index is -0.199. The lowest BCUT2D eigenvalue weighted by molar-refractivity contribution is 0.630. The van der Waals surface area contributed by atoms with Crippen LogP contribution in [-0.4, -0.2) is 0 Å². The van der Waals surface area contributed by atoms with Crippen molar-refractivity contribution in [3.05, 3.63) is 69.8 Å². The van der Waals surface area contributed by atoms with E-state index in [0.717, 1.165) is 21.4 Å². The molecular formula is C18H18FNS. The van der Waals surface area contributed by atoms with E-state index in [9.17, 15) is 4.39 Å². The molecule has 108 valence electrons. The highest BCUT2D eigenvalue weighted by molar-refractivity contribution is 7.19. The van der Waals surface area contributed by atoms with E-state index in [4.69, 9.17) is 5.73 Å². The lowest BCUT2D eigenvalue weighted by Crippen LogP contribution is -2.11. The van der Waals surface area contributed by atoms with Crippen LogP contribution in [0.3, 0.4) is 0 Å². The van der Waals surface area contributed by atoms with Crippen molar-refractivity contribution in [3.8, 4) is 0 Å². The van der Waals surface area contributed by atoms with Crippen molar-refractivity contribution in [2.24, 2.45) is 5.73 Å². The second kappa shape index (κ2) is 5.58. The summed E-state index contributed by atoms with van der Waals surface area (Å²) in [6.45, 7) is 4.23. The Kier molecular flexibility index (Phi) is 3.79. The molecule has 1 unspecified atom stereocenters. The first-order valence-corrected chi connectivity index (χ1v) is 7.85. The van der Waals surface area contributed by atoms with Gasteiger partial charge in [-0.25, -0.2) is 4.39 Å². The molecule has 3 rings (SSSR count). The standard InChI is InChI=1S/C18H18FNS/c1-11-3-4-13(7-12(11)2)8-16(20)18-10-14-9-15(19)5-6-17(14)21-18/h3-7,9-10,16H,8,20H2,1-2H3. The monoisotopic (exact) mass is 299 g/mol. The zero-order chi connectivity index (χ0) is 15.0. The average Bonchev–Trinajstić information content (AvgIpc) is 2.86. The van der Waals surface area contributed by atoms with Crippen molar-refractivity contribution in [2.75, 3.05) is 0 Å². The first-order chi connectivity index (χ1) is 10.0. The number of hydrogen-bond acceptors (Lipinski definition) is 2. The molecule has 0 aliphatic heterocycles. The first-order valence-electron chi connectivity index (χ1n) is 7.03. The summed E-state index contributed by atoms with van der Waals surface area (Å²) in [5.41, 5.74) is 10.2. The van der Waals surface area contributed by atoms with Gasteiger partial charge < -0.3 is 5.73 Å². The van der Waals surface area contributed by atoms with Crippen molar-refractivity contribution >= 4 is 21.4 Å². The van der Waals surface area contributed by atoms with Crippen LogP contribution in [0.5, 0.6) is 0 Å². The van der Waals surface area contributed by atoms with Crippen LogP contribution in [0.2, 0.25) is 0 Å². The Morgan fingerprint density at radius 3 is 2.62 bits per heavy atom. The molecule has 2 aromatic carbocycles. The molecule has 0 bridgehead atoms. The van der Waals surface area contributed by atoms with Crippen molar-refractivity contribution in [2.45, 2.75) is 26.3 Å². The molecule has 0 aliphatic rings. The molecule has 2 N–H and O–H groups in total. The van der Waals surface area contributed by atoms with Gasteiger partial charge in [0.25, 0.3) is 0 Å². The van der Waals surface area contributed by atoms with E-state index in [-0.39, 0.29) is 11.9 Å². The van der Waals surface area contributed by atoms with Crippen LogP contribution in [0.1, 0.15) is 27.6 Å². The smallest absolute Gasteiger partial charge is 0.123 e. The minimum absolute atomic E-state index is 0.0485. The summed E-state index contributed by atoms with van der Waals surface area (Å²) in [4.78, 5) is 1.11. The quantitative estimate of drug-likeness (QED) is 0.731. The van der Waals surface area contributed by atoms with E-state index < -0.39 is 0 Å². The number of hydrogen-bond donors (Lipinski definition) is 1. The van der Waals surface area contributed by atoms with Gasteiger partial charge in [0.15, 0.2) is 0 Å². The van der Waals surface area contributed by atoms with Crippen LogP contribution in [0.15, 0.2) is 42.5 Å². The van der Waals surface area contributed by atoms with Gasteiger partial charge in [-0.3, -0.25) is 0 Å². The van der Waals surface area contributed by atoms with Gasteiger partial charge >= 0.3 is 0 Å². The summed E-state index contributed by atoms with van der Waals surface area (Å²) >= 11 is 1.65. The Labute approximate surface area is 128 Å². The highest BCUT2D eigenvalue weighted by Crippen LogP contribution is 2.31. The molecule has 0 amide bonds. The summed E-state index contributed by atoms with van der Waals surface area (Å²) in [5, 5.41) is 0.936. The molecule has 1 aromatic heterocycles. The third kappa shape index (κ3) is 2.99. The third-order valence-electron chi connectivity index (χ3n) is 3.89. The molecule has 3 aromatic rings. The van der Waals surface area contributed by atoms with Crippen molar-refractivity contribution in [1.29, 1.82) is 0 Å². The maximum atomic E-state index is 13.2. The van der Waals surface area contributed by atoms with Crippen LogP contribution < -0.4 is 5.73 Å². The maximum absolute atomic E-state index is 13.2. The van der Waals surface area contributed by atoms with Crippen molar-refractivity contribution < 1.29 is 4.39 Å². The molecule has 0 spiro atoms. The fourth-order valence-electron chi connectivity index (χ4n) is 2.50. The van der Waals surface area contributed by atoms with Crippen molar-refractivity contribution in [1.82, 2.24) is 0 Å². The lowest BCUT2D eigenvalue weighted by atomic mass is 10.0. The summed E-state index contributed by atoms with van der Waals surface area (Å²) in [7, 11) is 0. The van der Waals surface area contributed by atoms with E-state index in [2.05, 4.69) is 32.0 Å². The second-order valence-electron chi connectivity index (χ2n) is 5.56. The maximum Gasteiger partial charge on any atom is 0.123 e. The van der Waals surface area contributed by atoms with Crippen molar-refractivity contribution in [3.63, 3.8) is 0 Å². The molecular weight excluding hydrogens is 281 g/mol. The largest absolute Gasteiger partial charge is 0.323 e. The van der Waals surface area contributed by atoms with E-state index in [1.807, 2.05) is 12.1 Å². The number of benzene rings is 2. The first kappa shape index (κ1) is 14.2. The van der Waals surface area contributed by atoms with Gasteiger partial charge in [0.05, 0.1) is 0 Å². The van der Waals surface area contributed by atoms with Gasteiger partial charge in [-0.15, -0.1) is 11.3 Å². The predicted octanol–water partition coefficient (Wildman–Crippen LogP) is 4.90. The number of fused-ring (bicyclic) bond motifs is 1. The predicted molar refractivity (Wildman–Crippen MR) is 88.3 cm³/mol. The summed E-state index contributed by atoms with van der Waals surface area (Å²) < 4.78 is 14.3. The molecule has 1 atom stereocenters. The van der Waals surface area contributed by atoms with Crippen LogP contribution in [0.4, 0.5) is 4.39 Å². The SMILES string of the molecule is Cc1ccc(CC(N)c2cc3cc(F)ccc3s2)cc1C. The highest BCUT2D eigenvalue weighted by atomic mass is 32.1. The number of aryl methyl sites for hydroxylation is 2. The minimum Gasteiger partial charge on any atom is -0.323 e. The van der Waals surface area contributed by atoms with Crippen LogP contribution in [-0.2, 0) is 6.42 Å². The normalized spacial score (nSPS) is 12.8. The molecule has 0 saturated carbocycles. The Balaban J connectivity index is 1.85. The van der Waals surface area contributed by atoms with E-state index >= 15 is 0 Å². The Morgan fingerprint density at radius 2 is 1.86 bits per heavy atom. The average molecular weight is 299 g/mol. The molecule has 21 heavy (non-hydrogen) atoms. The van der Waals surface area contributed by atoms with Gasteiger partial charge in [-0.05, 0) is 66.6 Å². The zero-order valence-electron chi connectivity index (χ0n) is 12.2. The van der Waals surface area contributed by atoms with Gasteiger partial charge in [0, 0.05) is 15.6 Å². The lowest BCUT2D eigenvalue weighted by Gasteiger charge is -2.11. The molecule has 0 aliphatic carbocycles. The fourth-order valence-corrected chi connectivity index (χ4v) is 3.55. The van der Waals surface area contributed by atoms with Gasteiger partial charge in [0.2, 0.25) is 0 Å². The Bertz CT molecular complexity index is 791. The number of nitrogens with two attached hydrogens (primary N) is 1. The molecule has 3 heteroatoms. The van der Waals surface area contributed by atoms with Crippen LogP contribution in [0, 0.1) is 19.7 Å². The van der Waals surface area contributed by atoms with Gasteiger partial charge in [-0.2, -0.15) is 0 Å². The van der Waals surface area contributed by atoms with E-state index in [1.165, 1.54) is 22.8 Å². The highest BCUT2D eigenvalue weighted by Gasteiger charge is 2.12. The summed E-state index contributed by atoms with van der Waals surface area (Å²) in [5.74, 6) is -0.199. The molecule has 0 saturated heterocycles. The summed E-state index contributed by atoms with van der Waals surface area (Å²) in [6, 6.07) is 13.3. The van der Waals surface area contributed by atoms with Crippen LogP contribution in [0.25, 0.3) is 10.1 Å². The Morgan fingerprint density at radius 1 is 1.05 bits per heavy atom. The van der Waals surface area contributed by atoms with Gasteiger partial charge in [-0.1, -0.05) is 18.2 Å².